The van der Waals surface area contributed by atoms with Crippen molar-refractivity contribution in [3.05, 3.63) is 75.9 Å². The van der Waals surface area contributed by atoms with Gasteiger partial charge in [-0.25, -0.2) is 9.97 Å². The highest BCUT2D eigenvalue weighted by atomic mass is 79.9. The second-order valence-electron chi connectivity index (χ2n) is 6.28. The number of hydrogen-bond donors (Lipinski definition) is 2. The maximum Gasteiger partial charge on any atom is 0.157 e. The van der Waals surface area contributed by atoms with Crippen LogP contribution in [0.4, 0.5) is 0 Å². The number of halogens is 2. The summed E-state index contributed by atoms with van der Waals surface area (Å²) >= 11 is 9.30. The first-order valence-electron chi connectivity index (χ1n) is 8.87. The summed E-state index contributed by atoms with van der Waals surface area (Å²) in [7, 11) is 0. The molecule has 28 heavy (non-hydrogen) atoms. The Morgan fingerprint density at radius 2 is 1.86 bits per heavy atom. The minimum atomic E-state index is 0.593. The highest BCUT2D eigenvalue weighted by Crippen LogP contribution is 2.23. The van der Waals surface area contributed by atoms with E-state index in [-0.39, 0.29) is 0 Å². The summed E-state index contributed by atoms with van der Waals surface area (Å²) in [6, 6.07) is 17.6. The van der Waals surface area contributed by atoms with Crippen LogP contribution in [0.25, 0.3) is 22.6 Å². The molecule has 2 heterocycles. The number of nitrogens with zero attached hydrogens (tertiary/aromatic N) is 2. The van der Waals surface area contributed by atoms with Crippen molar-refractivity contribution in [2.75, 3.05) is 13.2 Å². The number of H-pyrrole nitrogens is 1. The van der Waals surface area contributed by atoms with Gasteiger partial charge in [0.25, 0.3) is 0 Å². The number of fused-ring (bicyclic) bond motifs is 1. The van der Waals surface area contributed by atoms with Crippen LogP contribution in [0.1, 0.15) is 5.56 Å². The Hall–Kier alpha value is -2.41. The van der Waals surface area contributed by atoms with Gasteiger partial charge < -0.3 is 15.0 Å². The Bertz CT molecular complexity index is 1060. The van der Waals surface area contributed by atoms with E-state index in [0.29, 0.717) is 6.61 Å². The average Bonchev–Trinajstić information content (AvgIpc) is 3.13. The lowest BCUT2D eigenvalue weighted by Gasteiger charge is -2.08. The molecule has 0 saturated carbocycles. The Balaban J connectivity index is 1.28. The lowest BCUT2D eigenvalue weighted by molar-refractivity contribution is 0.313. The van der Waals surface area contributed by atoms with Gasteiger partial charge in [0.05, 0.1) is 0 Å². The molecule has 0 atom stereocenters. The Morgan fingerprint density at radius 3 is 2.64 bits per heavy atom. The molecule has 4 aromatic rings. The van der Waals surface area contributed by atoms with E-state index in [1.54, 1.807) is 6.20 Å². The first-order chi connectivity index (χ1) is 13.7. The van der Waals surface area contributed by atoms with Crippen molar-refractivity contribution in [1.29, 1.82) is 0 Å². The summed E-state index contributed by atoms with van der Waals surface area (Å²) in [6.45, 7) is 2.14. The normalized spacial score (nSPS) is 11.1. The molecule has 0 fully saturated rings. The first-order valence-corrected chi connectivity index (χ1v) is 10.0. The van der Waals surface area contributed by atoms with Gasteiger partial charge in [0.2, 0.25) is 0 Å². The number of pyridine rings is 1. The topological polar surface area (TPSA) is 62.8 Å². The Labute approximate surface area is 176 Å². The van der Waals surface area contributed by atoms with E-state index in [1.807, 2.05) is 54.6 Å². The van der Waals surface area contributed by atoms with E-state index in [2.05, 4.69) is 36.2 Å². The molecule has 7 heteroatoms. The van der Waals surface area contributed by atoms with Crippen LogP contribution in [0.2, 0.25) is 5.02 Å². The van der Waals surface area contributed by atoms with Crippen LogP contribution in [0.3, 0.4) is 0 Å². The van der Waals surface area contributed by atoms with E-state index >= 15 is 0 Å². The fourth-order valence-electron chi connectivity index (χ4n) is 2.79. The minimum absolute atomic E-state index is 0.593. The Kier molecular flexibility index (Phi) is 5.90. The highest BCUT2D eigenvalue weighted by Gasteiger charge is 2.07. The van der Waals surface area contributed by atoms with Crippen LogP contribution in [-0.4, -0.2) is 28.1 Å². The number of ether oxygens (including phenoxy) is 1. The van der Waals surface area contributed by atoms with E-state index in [4.69, 9.17) is 16.3 Å². The van der Waals surface area contributed by atoms with Crippen LogP contribution in [-0.2, 0) is 6.54 Å². The average molecular weight is 458 g/mol. The largest absolute Gasteiger partial charge is 0.492 e. The zero-order valence-electron chi connectivity index (χ0n) is 15.0. The van der Waals surface area contributed by atoms with Crippen molar-refractivity contribution in [3.8, 4) is 17.1 Å². The molecule has 2 N–H and O–H groups in total. The molecule has 2 aromatic heterocycles. The fraction of sp³-hybridized carbons (Fsp3) is 0.143. The lowest BCUT2D eigenvalue weighted by Crippen LogP contribution is -2.20. The van der Waals surface area contributed by atoms with Gasteiger partial charge in [-0.15, -0.1) is 0 Å². The molecule has 0 aliphatic carbocycles. The number of aromatic amines is 1. The maximum absolute atomic E-state index is 5.89. The molecule has 0 spiro atoms. The molecule has 2 aromatic carbocycles. The van der Waals surface area contributed by atoms with Gasteiger partial charge in [-0.3, -0.25) is 0 Å². The van der Waals surface area contributed by atoms with Crippen molar-refractivity contribution in [2.45, 2.75) is 6.54 Å². The number of aromatic nitrogens is 3. The Morgan fingerprint density at radius 1 is 1.07 bits per heavy atom. The van der Waals surface area contributed by atoms with Crippen molar-refractivity contribution in [3.63, 3.8) is 0 Å². The van der Waals surface area contributed by atoms with Crippen LogP contribution in [0, 0.1) is 0 Å². The van der Waals surface area contributed by atoms with Gasteiger partial charge in [0, 0.05) is 34.3 Å². The van der Waals surface area contributed by atoms with Gasteiger partial charge >= 0.3 is 0 Å². The first kappa shape index (κ1) is 18.9. The zero-order valence-corrected chi connectivity index (χ0v) is 17.3. The molecule has 0 unspecified atom stereocenters. The second-order valence-corrected chi connectivity index (χ2v) is 7.63. The van der Waals surface area contributed by atoms with Gasteiger partial charge in [-0.2, -0.15) is 0 Å². The summed E-state index contributed by atoms with van der Waals surface area (Å²) in [5, 5.41) is 4.11. The number of nitrogens with one attached hydrogen (secondary N) is 2. The molecule has 0 amide bonds. The van der Waals surface area contributed by atoms with E-state index < -0.39 is 0 Å². The van der Waals surface area contributed by atoms with Crippen LogP contribution in [0.15, 0.2) is 65.3 Å². The second kappa shape index (κ2) is 8.73. The summed E-state index contributed by atoms with van der Waals surface area (Å²) in [5.74, 6) is 1.62. The summed E-state index contributed by atoms with van der Waals surface area (Å²) in [4.78, 5) is 12.1. The van der Waals surface area contributed by atoms with Crippen LogP contribution in [0.5, 0.6) is 5.75 Å². The van der Waals surface area contributed by atoms with Gasteiger partial charge in [0.1, 0.15) is 23.7 Å². The zero-order chi connectivity index (χ0) is 19.3. The molecule has 142 valence electrons. The molecule has 5 nitrogen and oxygen atoms in total. The SMILES string of the molecule is Clc1ccc(CNCCOc2ccc(-c3nc4cc(Br)cnc4[nH]3)cc2)cc1. The molecule has 0 aliphatic heterocycles. The van der Waals surface area contributed by atoms with Crippen molar-refractivity contribution >= 4 is 38.7 Å². The van der Waals surface area contributed by atoms with E-state index in [0.717, 1.165) is 50.9 Å². The molecule has 0 radical (unpaired) electrons. The van der Waals surface area contributed by atoms with Crippen molar-refractivity contribution < 1.29 is 4.74 Å². The van der Waals surface area contributed by atoms with Gasteiger partial charge in [0.15, 0.2) is 5.65 Å². The summed E-state index contributed by atoms with van der Waals surface area (Å²) in [5.41, 5.74) is 3.78. The molecule has 0 aliphatic rings. The molecular weight excluding hydrogens is 440 g/mol. The van der Waals surface area contributed by atoms with Gasteiger partial charge in [-0.1, -0.05) is 23.7 Å². The lowest BCUT2D eigenvalue weighted by atomic mass is 10.2. The maximum atomic E-state index is 5.89. The molecular formula is C21H18BrClN4O. The fourth-order valence-corrected chi connectivity index (χ4v) is 3.24. The quantitative estimate of drug-likeness (QED) is 0.374. The van der Waals surface area contributed by atoms with Crippen LogP contribution >= 0.6 is 27.5 Å². The number of benzene rings is 2. The third-order valence-electron chi connectivity index (χ3n) is 4.22. The van der Waals surface area contributed by atoms with E-state index in [1.165, 1.54) is 5.56 Å². The predicted molar refractivity (Wildman–Crippen MR) is 116 cm³/mol. The summed E-state index contributed by atoms with van der Waals surface area (Å²) in [6.07, 6.45) is 1.75. The van der Waals surface area contributed by atoms with Gasteiger partial charge in [-0.05, 0) is 64.0 Å². The van der Waals surface area contributed by atoms with Crippen molar-refractivity contribution in [2.24, 2.45) is 0 Å². The molecule has 4 rings (SSSR count). The van der Waals surface area contributed by atoms with Crippen molar-refractivity contribution in [1.82, 2.24) is 20.3 Å². The predicted octanol–water partition coefficient (Wildman–Crippen LogP) is 5.21. The smallest absolute Gasteiger partial charge is 0.157 e. The molecule has 0 bridgehead atoms. The molecule has 0 saturated heterocycles. The van der Waals surface area contributed by atoms with Crippen LogP contribution < -0.4 is 10.1 Å². The minimum Gasteiger partial charge on any atom is -0.492 e. The third kappa shape index (κ3) is 4.70. The third-order valence-corrected chi connectivity index (χ3v) is 4.91. The van der Waals surface area contributed by atoms with E-state index in [9.17, 15) is 0 Å². The highest BCUT2D eigenvalue weighted by molar-refractivity contribution is 9.10. The standard InChI is InChI=1S/C21H18BrClN4O/c22-16-11-19-21(25-13-16)27-20(26-19)15-3-7-18(8-4-15)28-10-9-24-12-14-1-5-17(23)6-2-14/h1-8,11,13,24H,9-10,12H2,(H,25,26,27). The number of imidazole rings is 1. The number of hydrogen-bond acceptors (Lipinski definition) is 4. The number of rotatable bonds is 7. The monoisotopic (exact) mass is 456 g/mol. The summed E-state index contributed by atoms with van der Waals surface area (Å²) < 4.78 is 6.70.